The summed E-state index contributed by atoms with van der Waals surface area (Å²) in [6.07, 6.45) is 3.04. The summed E-state index contributed by atoms with van der Waals surface area (Å²) in [7, 11) is 0. The summed E-state index contributed by atoms with van der Waals surface area (Å²) in [5.74, 6) is -0.551. The zero-order chi connectivity index (χ0) is 20.4. The predicted molar refractivity (Wildman–Crippen MR) is 106 cm³/mol. The standard InChI is InChI=1S/C22H22FN3O3/c23-16-6-4-15(5-7-16)12-22(14-27)13-26(11-8-19(22)28)21(29)17-2-1-3-18-20(17)25-10-9-24-18/h1-7,9-10,19,27-28H,8,11-14H2/t19-,22-/m0/s1. The fourth-order valence-electron chi connectivity index (χ4n) is 4.05. The lowest BCUT2D eigenvalue weighted by Crippen LogP contribution is -2.56. The van der Waals surface area contributed by atoms with Gasteiger partial charge in [-0.15, -0.1) is 0 Å². The molecule has 1 saturated heterocycles. The molecule has 1 fully saturated rings. The number of carbonyl (C=O) groups excluding carboxylic acids is 1. The van der Waals surface area contributed by atoms with Crippen LogP contribution in [-0.4, -0.2) is 56.8 Å². The van der Waals surface area contributed by atoms with Gasteiger partial charge in [-0.3, -0.25) is 14.8 Å². The minimum absolute atomic E-state index is 0.192. The number of hydrogen-bond donors (Lipinski definition) is 2. The third-order valence-corrected chi connectivity index (χ3v) is 5.69. The number of rotatable bonds is 4. The maximum absolute atomic E-state index is 13.3. The lowest BCUT2D eigenvalue weighted by Gasteiger charge is -2.45. The van der Waals surface area contributed by atoms with Crippen molar-refractivity contribution in [2.45, 2.75) is 18.9 Å². The summed E-state index contributed by atoms with van der Waals surface area (Å²) in [5.41, 5.74) is 1.49. The first-order valence-electron chi connectivity index (χ1n) is 9.55. The molecule has 1 aliphatic heterocycles. The van der Waals surface area contributed by atoms with Crippen LogP contribution >= 0.6 is 0 Å². The van der Waals surface area contributed by atoms with E-state index in [1.54, 1.807) is 47.6 Å². The number of aromatic nitrogens is 2. The van der Waals surface area contributed by atoms with Gasteiger partial charge in [-0.05, 0) is 42.7 Å². The lowest BCUT2D eigenvalue weighted by atomic mass is 9.73. The van der Waals surface area contributed by atoms with Gasteiger partial charge in [-0.1, -0.05) is 18.2 Å². The minimum atomic E-state index is -0.915. The van der Waals surface area contributed by atoms with E-state index in [-0.39, 0.29) is 24.9 Å². The van der Waals surface area contributed by atoms with E-state index in [1.165, 1.54) is 12.1 Å². The molecule has 0 aliphatic carbocycles. The molecule has 7 heteroatoms. The second-order valence-corrected chi connectivity index (χ2v) is 7.58. The minimum Gasteiger partial charge on any atom is -0.396 e. The summed E-state index contributed by atoms with van der Waals surface area (Å²) in [4.78, 5) is 23.5. The second-order valence-electron chi connectivity index (χ2n) is 7.58. The fourth-order valence-corrected chi connectivity index (χ4v) is 4.05. The molecular formula is C22H22FN3O3. The van der Waals surface area contributed by atoms with Crippen molar-refractivity contribution in [3.8, 4) is 0 Å². The van der Waals surface area contributed by atoms with Gasteiger partial charge in [0, 0.05) is 30.9 Å². The largest absolute Gasteiger partial charge is 0.396 e. The highest BCUT2D eigenvalue weighted by Crippen LogP contribution is 2.35. The van der Waals surface area contributed by atoms with E-state index in [1.807, 2.05) is 0 Å². The lowest BCUT2D eigenvalue weighted by molar-refractivity contribution is -0.0668. The highest BCUT2D eigenvalue weighted by molar-refractivity contribution is 6.04. The molecule has 0 radical (unpaired) electrons. The monoisotopic (exact) mass is 395 g/mol. The molecule has 2 heterocycles. The Bertz CT molecular complexity index is 1020. The van der Waals surface area contributed by atoms with Crippen LogP contribution in [0.4, 0.5) is 4.39 Å². The number of benzene rings is 2. The maximum atomic E-state index is 13.3. The predicted octanol–water partition coefficient (Wildman–Crippen LogP) is 2.20. The summed E-state index contributed by atoms with van der Waals surface area (Å²) < 4.78 is 13.2. The van der Waals surface area contributed by atoms with Crippen LogP contribution in [0.2, 0.25) is 0 Å². The first kappa shape index (κ1) is 19.4. The summed E-state index contributed by atoms with van der Waals surface area (Å²) in [5, 5.41) is 20.9. The zero-order valence-corrected chi connectivity index (χ0v) is 15.8. The van der Waals surface area contributed by atoms with Gasteiger partial charge in [0.15, 0.2) is 0 Å². The molecule has 0 saturated carbocycles. The van der Waals surface area contributed by atoms with Crippen molar-refractivity contribution in [3.05, 3.63) is 71.8 Å². The number of aliphatic hydroxyl groups is 2. The van der Waals surface area contributed by atoms with E-state index < -0.39 is 11.5 Å². The smallest absolute Gasteiger partial charge is 0.256 e. The molecule has 0 spiro atoms. The molecular weight excluding hydrogens is 373 g/mol. The first-order chi connectivity index (χ1) is 14.0. The van der Waals surface area contributed by atoms with Gasteiger partial charge in [0.25, 0.3) is 5.91 Å². The Morgan fingerprint density at radius 1 is 1.17 bits per heavy atom. The van der Waals surface area contributed by atoms with Crippen LogP contribution in [0, 0.1) is 11.2 Å². The van der Waals surface area contributed by atoms with Crippen LogP contribution in [0.1, 0.15) is 22.3 Å². The molecule has 2 N–H and O–H groups in total. The quantitative estimate of drug-likeness (QED) is 0.707. The van der Waals surface area contributed by atoms with Crippen molar-refractivity contribution in [1.82, 2.24) is 14.9 Å². The van der Waals surface area contributed by atoms with Crippen molar-refractivity contribution < 1.29 is 19.4 Å². The molecule has 1 amide bonds. The van der Waals surface area contributed by atoms with E-state index in [0.29, 0.717) is 36.0 Å². The van der Waals surface area contributed by atoms with Gasteiger partial charge in [0.2, 0.25) is 0 Å². The number of piperidine rings is 1. The maximum Gasteiger partial charge on any atom is 0.256 e. The van der Waals surface area contributed by atoms with Crippen molar-refractivity contribution in [1.29, 1.82) is 0 Å². The van der Waals surface area contributed by atoms with Crippen LogP contribution in [0.25, 0.3) is 11.0 Å². The number of aliphatic hydroxyl groups excluding tert-OH is 2. The zero-order valence-electron chi connectivity index (χ0n) is 15.8. The summed E-state index contributed by atoms with van der Waals surface area (Å²) in [6, 6.07) is 11.3. The molecule has 150 valence electrons. The number of carbonyl (C=O) groups is 1. The van der Waals surface area contributed by atoms with Crippen LogP contribution in [0.5, 0.6) is 0 Å². The van der Waals surface area contributed by atoms with E-state index >= 15 is 0 Å². The highest BCUT2D eigenvalue weighted by Gasteiger charge is 2.44. The van der Waals surface area contributed by atoms with Gasteiger partial charge in [-0.2, -0.15) is 0 Å². The molecule has 29 heavy (non-hydrogen) atoms. The van der Waals surface area contributed by atoms with Crippen LogP contribution in [0.15, 0.2) is 54.9 Å². The van der Waals surface area contributed by atoms with Crippen LogP contribution in [-0.2, 0) is 6.42 Å². The van der Waals surface area contributed by atoms with Gasteiger partial charge in [0.1, 0.15) is 11.3 Å². The number of para-hydroxylation sites is 1. The fraction of sp³-hybridized carbons (Fsp3) is 0.318. The topological polar surface area (TPSA) is 86.6 Å². The molecule has 3 aromatic rings. The Morgan fingerprint density at radius 3 is 2.69 bits per heavy atom. The Hall–Kier alpha value is -2.90. The van der Waals surface area contributed by atoms with Crippen LogP contribution < -0.4 is 0 Å². The third kappa shape index (κ3) is 3.71. The number of halogens is 1. The summed E-state index contributed by atoms with van der Waals surface area (Å²) >= 11 is 0. The third-order valence-electron chi connectivity index (χ3n) is 5.69. The van der Waals surface area contributed by atoms with Gasteiger partial charge < -0.3 is 15.1 Å². The second kappa shape index (κ2) is 7.85. The first-order valence-corrected chi connectivity index (χ1v) is 9.55. The van der Waals surface area contributed by atoms with E-state index in [4.69, 9.17) is 0 Å². The van der Waals surface area contributed by atoms with Gasteiger partial charge in [0.05, 0.1) is 23.8 Å². The average molecular weight is 395 g/mol. The van der Waals surface area contributed by atoms with Gasteiger partial charge in [-0.25, -0.2) is 4.39 Å². The molecule has 2 aromatic carbocycles. The number of hydrogen-bond acceptors (Lipinski definition) is 5. The van der Waals surface area contributed by atoms with Crippen molar-refractivity contribution in [3.63, 3.8) is 0 Å². The molecule has 0 unspecified atom stereocenters. The number of nitrogens with zero attached hydrogens (tertiary/aromatic N) is 3. The van der Waals surface area contributed by atoms with E-state index in [2.05, 4.69) is 9.97 Å². The Balaban J connectivity index is 1.63. The Morgan fingerprint density at radius 2 is 1.93 bits per heavy atom. The molecule has 1 aromatic heterocycles. The number of amides is 1. The normalized spacial score (nSPS) is 22.0. The number of likely N-dealkylation sites (tertiary alicyclic amines) is 1. The molecule has 4 rings (SSSR count). The van der Waals surface area contributed by atoms with E-state index in [9.17, 15) is 19.4 Å². The van der Waals surface area contributed by atoms with Gasteiger partial charge >= 0.3 is 0 Å². The highest BCUT2D eigenvalue weighted by atomic mass is 19.1. The van der Waals surface area contributed by atoms with Crippen molar-refractivity contribution >= 4 is 16.9 Å². The van der Waals surface area contributed by atoms with Crippen LogP contribution in [0.3, 0.4) is 0 Å². The average Bonchev–Trinajstić information content (AvgIpc) is 2.76. The molecule has 1 aliphatic rings. The molecule has 2 atom stereocenters. The van der Waals surface area contributed by atoms with Crippen molar-refractivity contribution in [2.24, 2.45) is 5.41 Å². The Kier molecular flexibility index (Phi) is 5.25. The Labute approximate surface area is 167 Å². The molecule has 0 bridgehead atoms. The SMILES string of the molecule is O=C(c1cccc2nccnc12)N1CC[C@H](O)[C@@](CO)(Cc2ccc(F)cc2)C1. The van der Waals surface area contributed by atoms with E-state index in [0.717, 1.165) is 5.56 Å². The molecule has 6 nitrogen and oxygen atoms in total. The van der Waals surface area contributed by atoms with Crippen molar-refractivity contribution in [2.75, 3.05) is 19.7 Å². The number of fused-ring (bicyclic) bond motifs is 1. The summed E-state index contributed by atoms with van der Waals surface area (Å²) in [6.45, 7) is 0.282.